The standard InChI is InChI=1S/C12H18N4O/c13-9-6-10(15-11(14-9)8-2-3-8)16-12(7-17)4-1-5-12/h6,8,17H,1-5,7H2,(H3,13,14,15,16). The first-order chi connectivity index (χ1) is 8.21. The van der Waals surface area contributed by atoms with Gasteiger partial charge in [0.05, 0.1) is 12.1 Å². The van der Waals surface area contributed by atoms with Crippen LogP contribution in [0.3, 0.4) is 0 Å². The van der Waals surface area contributed by atoms with E-state index in [1.54, 1.807) is 6.07 Å². The Kier molecular flexibility index (Phi) is 2.43. The minimum Gasteiger partial charge on any atom is -0.394 e. The summed E-state index contributed by atoms with van der Waals surface area (Å²) in [7, 11) is 0. The van der Waals surface area contributed by atoms with Gasteiger partial charge in [-0.2, -0.15) is 0 Å². The van der Waals surface area contributed by atoms with Crippen LogP contribution in [0.4, 0.5) is 11.6 Å². The molecule has 2 aliphatic carbocycles. The molecule has 0 amide bonds. The molecule has 0 atom stereocenters. The van der Waals surface area contributed by atoms with Crippen LogP contribution in [0.15, 0.2) is 6.07 Å². The van der Waals surface area contributed by atoms with E-state index in [4.69, 9.17) is 5.73 Å². The lowest BCUT2D eigenvalue weighted by Gasteiger charge is -2.41. The fourth-order valence-corrected chi connectivity index (χ4v) is 2.27. The molecule has 92 valence electrons. The van der Waals surface area contributed by atoms with Gasteiger partial charge in [0, 0.05) is 12.0 Å². The lowest BCUT2D eigenvalue weighted by molar-refractivity contribution is 0.144. The van der Waals surface area contributed by atoms with Crippen molar-refractivity contribution in [2.45, 2.75) is 43.6 Å². The minimum atomic E-state index is -0.179. The zero-order valence-electron chi connectivity index (χ0n) is 9.82. The second-order valence-corrected chi connectivity index (χ2v) is 5.23. The number of rotatable bonds is 4. The van der Waals surface area contributed by atoms with Gasteiger partial charge in [0.1, 0.15) is 17.5 Å². The number of nitrogens with two attached hydrogens (primary N) is 1. The third-order valence-electron chi connectivity index (χ3n) is 3.71. The SMILES string of the molecule is Nc1cc(NC2(CO)CCC2)nc(C2CC2)n1. The average Bonchev–Trinajstić information content (AvgIpc) is 3.06. The molecule has 2 saturated carbocycles. The number of aliphatic hydroxyl groups excluding tert-OH is 1. The van der Waals surface area contributed by atoms with Crippen LogP contribution in [0, 0.1) is 0 Å². The predicted octanol–water partition coefficient (Wildman–Crippen LogP) is 1.26. The second kappa shape index (κ2) is 3.84. The van der Waals surface area contributed by atoms with Crippen molar-refractivity contribution in [3.63, 3.8) is 0 Å². The Morgan fingerprint density at radius 1 is 1.41 bits per heavy atom. The molecule has 2 fully saturated rings. The van der Waals surface area contributed by atoms with Gasteiger partial charge < -0.3 is 16.2 Å². The zero-order valence-corrected chi connectivity index (χ0v) is 9.82. The number of hydrogen-bond acceptors (Lipinski definition) is 5. The molecule has 2 aliphatic rings. The maximum atomic E-state index is 9.42. The first-order valence-electron chi connectivity index (χ1n) is 6.24. The number of hydrogen-bond donors (Lipinski definition) is 3. The van der Waals surface area contributed by atoms with Gasteiger partial charge in [-0.3, -0.25) is 0 Å². The van der Waals surface area contributed by atoms with E-state index in [1.807, 2.05) is 0 Å². The summed E-state index contributed by atoms with van der Waals surface area (Å²) in [6.45, 7) is 0.148. The maximum absolute atomic E-state index is 9.42. The normalized spacial score (nSPS) is 21.9. The molecule has 3 rings (SSSR count). The Bertz CT molecular complexity index is 421. The summed E-state index contributed by atoms with van der Waals surface area (Å²) in [6, 6.07) is 1.75. The molecule has 0 saturated heterocycles. The quantitative estimate of drug-likeness (QED) is 0.730. The summed E-state index contributed by atoms with van der Waals surface area (Å²) < 4.78 is 0. The molecule has 0 aromatic carbocycles. The lowest BCUT2D eigenvalue weighted by Crippen LogP contribution is -2.48. The largest absolute Gasteiger partial charge is 0.394 e. The highest BCUT2D eigenvalue weighted by Gasteiger charge is 2.37. The molecule has 1 heterocycles. The number of nitrogens with zero attached hydrogens (tertiary/aromatic N) is 2. The highest BCUT2D eigenvalue weighted by atomic mass is 16.3. The smallest absolute Gasteiger partial charge is 0.136 e. The van der Waals surface area contributed by atoms with E-state index in [0.717, 1.165) is 43.7 Å². The van der Waals surface area contributed by atoms with Gasteiger partial charge >= 0.3 is 0 Å². The third-order valence-corrected chi connectivity index (χ3v) is 3.71. The van der Waals surface area contributed by atoms with Gasteiger partial charge in [-0.05, 0) is 32.1 Å². The van der Waals surface area contributed by atoms with Crippen LogP contribution >= 0.6 is 0 Å². The van der Waals surface area contributed by atoms with Crippen LogP contribution in [0.25, 0.3) is 0 Å². The van der Waals surface area contributed by atoms with E-state index in [2.05, 4.69) is 15.3 Å². The molecular weight excluding hydrogens is 216 g/mol. The van der Waals surface area contributed by atoms with E-state index in [-0.39, 0.29) is 12.1 Å². The molecule has 5 nitrogen and oxygen atoms in total. The average molecular weight is 234 g/mol. The fraction of sp³-hybridized carbons (Fsp3) is 0.667. The molecule has 5 heteroatoms. The molecule has 0 aliphatic heterocycles. The minimum absolute atomic E-state index is 0.148. The Morgan fingerprint density at radius 2 is 2.18 bits per heavy atom. The molecule has 0 radical (unpaired) electrons. The Morgan fingerprint density at radius 3 is 2.71 bits per heavy atom. The van der Waals surface area contributed by atoms with Crippen molar-refractivity contribution in [1.29, 1.82) is 0 Å². The van der Waals surface area contributed by atoms with Crippen LogP contribution in [0.2, 0.25) is 0 Å². The van der Waals surface area contributed by atoms with E-state index in [0.29, 0.717) is 11.7 Å². The van der Waals surface area contributed by atoms with Gasteiger partial charge in [-0.1, -0.05) is 0 Å². The Balaban J connectivity index is 1.82. The molecular formula is C12H18N4O. The number of aliphatic hydroxyl groups is 1. The van der Waals surface area contributed by atoms with E-state index in [1.165, 1.54) is 0 Å². The monoisotopic (exact) mass is 234 g/mol. The number of aromatic nitrogens is 2. The van der Waals surface area contributed by atoms with Gasteiger partial charge in [-0.15, -0.1) is 0 Å². The van der Waals surface area contributed by atoms with Crippen LogP contribution in [0.5, 0.6) is 0 Å². The van der Waals surface area contributed by atoms with Crippen LogP contribution in [-0.2, 0) is 0 Å². The summed E-state index contributed by atoms with van der Waals surface area (Å²) in [5.41, 5.74) is 5.61. The zero-order chi connectivity index (χ0) is 11.9. The molecule has 0 spiro atoms. The summed E-state index contributed by atoms with van der Waals surface area (Å²) in [6.07, 6.45) is 5.46. The molecule has 17 heavy (non-hydrogen) atoms. The molecule has 1 aromatic rings. The Hall–Kier alpha value is -1.36. The highest BCUT2D eigenvalue weighted by Crippen LogP contribution is 2.39. The van der Waals surface area contributed by atoms with Crippen LogP contribution < -0.4 is 11.1 Å². The summed E-state index contributed by atoms with van der Waals surface area (Å²) in [4.78, 5) is 8.76. The summed E-state index contributed by atoms with van der Waals surface area (Å²) >= 11 is 0. The highest BCUT2D eigenvalue weighted by molar-refractivity contribution is 5.47. The molecule has 0 bridgehead atoms. The van der Waals surface area contributed by atoms with Gasteiger partial charge in [0.25, 0.3) is 0 Å². The summed E-state index contributed by atoms with van der Waals surface area (Å²) in [5.74, 6) is 2.61. The predicted molar refractivity (Wildman–Crippen MR) is 65.7 cm³/mol. The van der Waals surface area contributed by atoms with Crippen molar-refractivity contribution in [2.75, 3.05) is 17.7 Å². The van der Waals surface area contributed by atoms with Crippen molar-refractivity contribution in [1.82, 2.24) is 9.97 Å². The fourth-order valence-electron chi connectivity index (χ4n) is 2.27. The van der Waals surface area contributed by atoms with Crippen molar-refractivity contribution in [2.24, 2.45) is 0 Å². The number of nitrogens with one attached hydrogen (secondary N) is 1. The molecule has 4 N–H and O–H groups in total. The van der Waals surface area contributed by atoms with E-state index < -0.39 is 0 Å². The van der Waals surface area contributed by atoms with Crippen molar-refractivity contribution < 1.29 is 5.11 Å². The van der Waals surface area contributed by atoms with Crippen LogP contribution in [0.1, 0.15) is 43.8 Å². The second-order valence-electron chi connectivity index (χ2n) is 5.23. The van der Waals surface area contributed by atoms with Gasteiger partial charge in [0.2, 0.25) is 0 Å². The number of anilines is 2. The van der Waals surface area contributed by atoms with E-state index >= 15 is 0 Å². The van der Waals surface area contributed by atoms with Crippen molar-refractivity contribution in [3.8, 4) is 0 Å². The third kappa shape index (κ3) is 2.07. The van der Waals surface area contributed by atoms with Crippen molar-refractivity contribution in [3.05, 3.63) is 11.9 Å². The van der Waals surface area contributed by atoms with Gasteiger partial charge in [0.15, 0.2) is 0 Å². The molecule has 1 aromatic heterocycles. The van der Waals surface area contributed by atoms with E-state index in [9.17, 15) is 5.11 Å². The van der Waals surface area contributed by atoms with Crippen LogP contribution in [-0.4, -0.2) is 27.2 Å². The lowest BCUT2D eigenvalue weighted by atomic mass is 9.77. The topological polar surface area (TPSA) is 84.1 Å². The first kappa shape index (κ1) is 10.8. The summed E-state index contributed by atoms with van der Waals surface area (Å²) in [5, 5.41) is 12.7. The maximum Gasteiger partial charge on any atom is 0.136 e. The Labute approximate surface area is 100 Å². The molecule has 0 unspecified atom stereocenters. The van der Waals surface area contributed by atoms with Crippen molar-refractivity contribution >= 4 is 11.6 Å². The van der Waals surface area contributed by atoms with Gasteiger partial charge in [-0.25, -0.2) is 9.97 Å². The first-order valence-corrected chi connectivity index (χ1v) is 6.24. The number of nitrogen functional groups attached to an aromatic ring is 1.